The number of rotatable bonds is 12. The number of hydrogen-bond acceptors (Lipinski definition) is 9. The third-order valence-electron chi connectivity index (χ3n) is 11.1. The summed E-state index contributed by atoms with van der Waals surface area (Å²) in [5.74, 6) is -2.06. The van der Waals surface area contributed by atoms with Gasteiger partial charge in [-0.15, -0.1) is 18.3 Å². The molecular formula is C32H51NO8S. The Morgan fingerprint density at radius 3 is 2.33 bits per heavy atom. The molecule has 0 aromatic heterocycles. The molecule has 9 nitrogen and oxygen atoms in total. The zero-order chi connectivity index (χ0) is 31.5. The highest BCUT2D eigenvalue weighted by atomic mass is 32.2. The first kappa shape index (κ1) is 34.6. The second-order valence-corrected chi connectivity index (χ2v) is 14.2. The molecule has 10 heteroatoms. The lowest BCUT2D eigenvalue weighted by molar-refractivity contribution is -0.218. The average Bonchev–Trinajstić information content (AvgIpc) is 3.24. The van der Waals surface area contributed by atoms with Crippen molar-refractivity contribution in [2.45, 2.75) is 91.6 Å². The molecule has 0 amide bonds. The van der Waals surface area contributed by atoms with E-state index in [0.717, 1.165) is 37.9 Å². The Labute approximate surface area is 255 Å². The average molecular weight is 610 g/mol. The van der Waals surface area contributed by atoms with Gasteiger partial charge in [0.25, 0.3) is 0 Å². The predicted octanol–water partition coefficient (Wildman–Crippen LogP) is 3.92. The summed E-state index contributed by atoms with van der Waals surface area (Å²) < 4.78 is 12.0. The first-order valence-corrected chi connectivity index (χ1v) is 16.5. The largest absolute Gasteiger partial charge is 0.478 e. The van der Waals surface area contributed by atoms with Crippen molar-refractivity contribution in [2.75, 3.05) is 31.1 Å². The normalized spacial score (nSPS) is 39.8. The van der Waals surface area contributed by atoms with Gasteiger partial charge < -0.3 is 29.7 Å². The Balaban J connectivity index is 1.97. The van der Waals surface area contributed by atoms with Crippen molar-refractivity contribution in [3.8, 4) is 0 Å². The number of aliphatic hydroxyl groups excluding tert-OH is 2. The van der Waals surface area contributed by atoms with E-state index in [2.05, 4.69) is 39.2 Å². The zero-order valence-corrected chi connectivity index (χ0v) is 26.9. The molecule has 2 unspecified atom stereocenters. The van der Waals surface area contributed by atoms with E-state index in [-0.39, 0.29) is 23.6 Å². The fraction of sp³-hybridized carbons (Fsp3) is 0.781. The molecular weight excluding hydrogens is 558 g/mol. The predicted molar refractivity (Wildman–Crippen MR) is 163 cm³/mol. The van der Waals surface area contributed by atoms with Gasteiger partial charge in [0, 0.05) is 41.2 Å². The smallest absolute Gasteiger partial charge is 0.331 e. The van der Waals surface area contributed by atoms with Crippen molar-refractivity contribution < 1.29 is 39.2 Å². The first-order chi connectivity index (χ1) is 19.7. The van der Waals surface area contributed by atoms with Gasteiger partial charge in [0.05, 0.1) is 18.0 Å². The molecule has 3 aliphatic carbocycles. The topological polar surface area (TPSA) is 134 Å². The molecule has 10 atom stereocenters. The van der Waals surface area contributed by atoms with Crippen LogP contribution >= 0.6 is 11.8 Å². The molecule has 0 aromatic rings. The summed E-state index contributed by atoms with van der Waals surface area (Å²) in [5.41, 5.74) is -2.05. The third-order valence-corrected chi connectivity index (χ3v) is 12.0. The van der Waals surface area contributed by atoms with E-state index in [9.17, 15) is 24.6 Å². The van der Waals surface area contributed by atoms with Gasteiger partial charge in [-0.2, -0.15) is 0 Å². The molecule has 42 heavy (non-hydrogen) atoms. The maximum Gasteiger partial charge on any atom is 0.331 e. The van der Waals surface area contributed by atoms with Crippen molar-refractivity contribution in [3.05, 3.63) is 24.8 Å². The highest BCUT2D eigenvalue weighted by molar-refractivity contribution is 7.99. The SMILES string of the molecule is C=C[C@]1(C)C[C@@H](OC(=O)CSCCN(CC)CC)[C@]2(C)[C@H](C)CC[C@]3(CC(OC(=O)/C=C/C(=O)O)C(O)[C@H]32)[C@@H](C)[C@@H]1O. The van der Waals surface area contributed by atoms with Crippen molar-refractivity contribution in [2.24, 2.45) is 34.0 Å². The molecule has 3 saturated carbocycles. The van der Waals surface area contributed by atoms with Crippen LogP contribution in [0.25, 0.3) is 0 Å². The Bertz CT molecular complexity index is 1030. The van der Waals surface area contributed by atoms with E-state index in [1.165, 1.54) is 11.8 Å². The summed E-state index contributed by atoms with van der Waals surface area (Å²) in [7, 11) is 0. The van der Waals surface area contributed by atoms with Crippen molar-refractivity contribution in [1.29, 1.82) is 0 Å². The van der Waals surface area contributed by atoms with E-state index in [1.807, 2.05) is 13.8 Å². The van der Waals surface area contributed by atoms with Crippen molar-refractivity contribution in [3.63, 3.8) is 0 Å². The summed E-state index contributed by atoms with van der Waals surface area (Å²) in [4.78, 5) is 39.1. The van der Waals surface area contributed by atoms with E-state index >= 15 is 0 Å². The lowest BCUT2D eigenvalue weighted by atomic mass is 9.43. The fourth-order valence-electron chi connectivity index (χ4n) is 8.26. The second-order valence-electron chi connectivity index (χ2n) is 13.1. The van der Waals surface area contributed by atoms with Crippen LogP contribution in [0.2, 0.25) is 0 Å². The summed E-state index contributed by atoms with van der Waals surface area (Å²) in [6.45, 7) is 19.2. The summed E-state index contributed by atoms with van der Waals surface area (Å²) in [6.07, 6.45) is 2.07. The maximum atomic E-state index is 13.3. The molecule has 3 fully saturated rings. The number of hydrogen-bond donors (Lipinski definition) is 3. The third kappa shape index (κ3) is 6.61. The number of carbonyl (C=O) groups excluding carboxylic acids is 2. The minimum atomic E-state index is -1.27. The van der Waals surface area contributed by atoms with E-state index < -0.39 is 58.5 Å². The quantitative estimate of drug-likeness (QED) is 0.129. The number of aliphatic carboxylic acids is 1. The van der Waals surface area contributed by atoms with Crippen LogP contribution < -0.4 is 0 Å². The lowest BCUT2D eigenvalue weighted by Crippen LogP contribution is -2.63. The fourth-order valence-corrected chi connectivity index (χ4v) is 9.02. The molecule has 3 rings (SSSR count). The second kappa shape index (κ2) is 13.8. The van der Waals surface area contributed by atoms with Gasteiger partial charge in [0.15, 0.2) is 0 Å². The highest BCUT2D eigenvalue weighted by Crippen LogP contribution is 2.69. The van der Waals surface area contributed by atoms with Gasteiger partial charge in [0.2, 0.25) is 0 Å². The van der Waals surface area contributed by atoms with Crippen LogP contribution in [0.1, 0.15) is 67.2 Å². The summed E-state index contributed by atoms with van der Waals surface area (Å²) in [5, 5.41) is 32.6. The Morgan fingerprint density at radius 1 is 1.07 bits per heavy atom. The Hall–Kier alpha value is -1.88. The van der Waals surface area contributed by atoms with Crippen LogP contribution in [0.15, 0.2) is 24.8 Å². The van der Waals surface area contributed by atoms with Crippen LogP contribution in [0.3, 0.4) is 0 Å². The minimum absolute atomic E-state index is 0.0660. The molecule has 0 spiro atoms. The number of aliphatic hydroxyl groups is 2. The first-order valence-electron chi connectivity index (χ1n) is 15.3. The maximum absolute atomic E-state index is 13.3. The monoisotopic (exact) mass is 609 g/mol. The van der Waals surface area contributed by atoms with E-state index in [4.69, 9.17) is 14.6 Å². The van der Waals surface area contributed by atoms with Crippen molar-refractivity contribution >= 4 is 29.7 Å². The zero-order valence-electron chi connectivity index (χ0n) is 26.1. The van der Waals surface area contributed by atoms with E-state index in [0.29, 0.717) is 25.3 Å². The van der Waals surface area contributed by atoms with Gasteiger partial charge >= 0.3 is 17.9 Å². The molecule has 0 radical (unpaired) electrons. The van der Waals surface area contributed by atoms with E-state index in [1.54, 1.807) is 6.08 Å². The summed E-state index contributed by atoms with van der Waals surface area (Å²) >= 11 is 1.54. The molecule has 3 aliphatic rings. The molecule has 2 bridgehead atoms. The molecule has 238 valence electrons. The van der Waals surface area contributed by atoms with Gasteiger partial charge in [0.1, 0.15) is 12.2 Å². The molecule has 0 aliphatic heterocycles. The number of ether oxygens (including phenoxy) is 2. The van der Waals surface area contributed by atoms with Gasteiger partial charge in [-0.25, -0.2) is 9.59 Å². The minimum Gasteiger partial charge on any atom is -0.478 e. The Kier molecular flexibility index (Phi) is 11.4. The number of carboxylic acids is 1. The highest BCUT2D eigenvalue weighted by Gasteiger charge is 2.70. The lowest BCUT2D eigenvalue weighted by Gasteiger charge is -2.62. The molecule has 0 heterocycles. The summed E-state index contributed by atoms with van der Waals surface area (Å²) in [6, 6.07) is 0. The van der Waals surface area contributed by atoms with Gasteiger partial charge in [-0.1, -0.05) is 47.6 Å². The molecule has 0 saturated heterocycles. The van der Waals surface area contributed by atoms with Crippen LogP contribution in [0.5, 0.6) is 0 Å². The number of carboxylic acid groups (broad SMARTS) is 1. The van der Waals surface area contributed by atoms with Gasteiger partial charge in [-0.3, -0.25) is 4.79 Å². The van der Waals surface area contributed by atoms with Crippen LogP contribution in [-0.4, -0.2) is 93.7 Å². The molecule has 3 N–H and O–H groups in total. The number of nitrogens with zero attached hydrogens (tertiary/aromatic N) is 1. The molecule has 0 aromatic carbocycles. The number of esters is 2. The van der Waals surface area contributed by atoms with Gasteiger partial charge in [-0.05, 0) is 56.0 Å². The number of thioether (sulfide) groups is 1. The standard InChI is InChI=1S/C32H51NO8S/c1-8-30(6)18-23(41-26(37)19-42-16-15-33(9-2)10-3)31(7)20(4)13-14-32(21(5)29(30)39)17-22(27(38)28(31)32)40-25(36)12-11-24(34)35/h8,11-12,20-23,27-29,38-39H,1,9-10,13-19H2,2-7H3,(H,34,35)/b12-11+/t20-,21+,22?,23-,27?,28+,29+,30-,31+,32+/m1/s1. The van der Waals surface area contributed by atoms with Crippen molar-refractivity contribution in [1.82, 2.24) is 4.90 Å². The number of carbonyl (C=O) groups is 3. The van der Waals surface area contributed by atoms with Crippen LogP contribution in [0, 0.1) is 34.0 Å². The van der Waals surface area contributed by atoms with Crippen LogP contribution in [0.4, 0.5) is 0 Å². The van der Waals surface area contributed by atoms with Crippen LogP contribution in [-0.2, 0) is 23.9 Å². The Morgan fingerprint density at radius 2 is 1.74 bits per heavy atom.